The van der Waals surface area contributed by atoms with Gasteiger partial charge in [-0.15, -0.1) is 0 Å². The Morgan fingerprint density at radius 3 is 2.54 bits per heavy atom. The van der Waals surface area contributed by atoms with Crippen LogP contribution in [0.3, 0.4) is 0 Å². The third-order valence-corrected chi connectivity index (χ3v) is 2.90. The molecule has 0 aliphatic carbocycles. The van der Waals surface area contributed by atoms with Crippen molar-refractivity contribution < 1.29 is 4.79 Å². The normalized spacial score (nSPS) is 10.1. The second-order valence-corrected chi connectivity index (χ2v) is 3.97. The van der Waals surface area contributed by atoms with Gasteiger partial charge >= 0.3 is 0 Å². The summed E-state index contributed by atoms with van der Waals surface area (Å²) in [4.78, 5) is 11.1. The molecule has 0 spiro atoms. The Bertz CT molecular complexity index is 325. The number of ketones is 1. The summed E-state index contributed by atoms with van der Waals surface area (Å²) in [5.74, 6) is 0.124. The predicted octanol–water partition coefficient (Wildman–Crippen LogP) is 3.50. The molecule has 0 aliphatic rings. The average molecular weight is 282 g/mol. The summed E-state index contributed by atoms with van der Waals surface area (Å²) in [5, 5.41) is 1.37. The smallest absolute Gasteiger partial charge is 0.147 e. The van der Waals surface area contributed by atoms with Gasteiger partial charge in [-0.05, 0) is 17.7 Å². The fourth-order valence-corrected chi connectivity index (χ4v) is 1.44. The van der Waals surface area contributed by atoms with E-state index in [0.29, 0.717) is 21.8 Å². The van der Waals surface area contributed by atoms with Crippen LogP contribution in [0.1, 0.15) is 5.56 Å². The van der Waals surface area contributed by atoms with Crippen molar-refractivity contribution in [3.8, 4) is 0 Å². The Labute approximate surface area is 95.2 Å². The van der Waals surface area contributed by atoms with E-state index in [1.807, 2.05) is 0 Å². The number of Topliss-reactive ketones (excluding diaryl/α,β-unsaturated/α-hetero) is 1. The minimum Gasteiger partial charge on any atom is -0.298 e. The number of carbonyl (C=O) groups is 1. The van der Waals surface area contributed by atoms with Gasteiger partial charge in [0.1, 0.15) is 5.78 Å². The van der Waals surface area contributed by atoms with E-state index < -0.39 is 0 Å². The minimum atomic E-state index is 0.124. The summed E-state index contributed by atoms with van der Waals surface area (Å²) in [5.41, 5.74) is 0.888. The third kappa shape index (κ3) is 3.29. The molecule has 0 fully saturated rings. The van der Waals surface area contributed by atoms with Crippen molar-refractivity contribution in [1.29, 1.82) is 0 Å². The van der Waals surface area contributed by atoms with Crippen LogP contribution in [0, 0.1) is 0 Å². The van der Waals surface area contributed by atoms with Gasteiger partial charge in [0.2, 0.25) is 0 Å². The van der Waals surface area contributed by atoms with Crippen molar-refractivity contribution in [2.75, 3.05) is 5.33 Å². The maximum atomic E-state index is 11.1. The van der Waals surface area contributed by atoms with E-state index in [1.165, 1.54) is 0 Å². The van der Waals surface area contributed by atoms with Crippen molar-refractivity contribution in [3.05, 3.63) is 33.8 Å². The molecule has 0 bridgehead atoms. The van der Waals surface area contributed by atoms with Crippen molar-refractivity contribution >= 4 is 44.9 Å². The first-order valence-corrected chi connectivity index (χ1v) is 5.53. The molecule has 0 unspecified atom stereocenters. The van der Waals surface area contributed by atoms with Crippen LogP contribution in [0.5, 0.6) is 0 Å². The molecule has 0 aliphatic heterocycles. The largest absolute Gasteiger partial charge is 0.298 e. The molecule has 1 nitrogen and oxygen atoms in total. The van der Waals surface area contributed by atoms with Gasteiger partial charge in [-0.2, -0.15) is 0 Å². The SMILES string of the molecule is O=C(CBr)Cc1ccc(Cl)c(Cl)c1. The van der Waals surface area contributed by atoms with Gasteiger partial charge < -0.3 is 0 Å². The maximum absolute atomic E-state index is 11.1. The van der Waals surface area contributed by atoms with E-state index in [1.54, 1.807) is 18.2 Å². The fraction of sp³-hybridized carbons (Fsp3) is 0.222. The van der Waals surface area contributed by atoms with E-state index >= 15 is 0 Å². The van der Waals surface area contributed by atoms with E-state index in [4.69, 9.17) is 23.2 Å². The van der Waals surface area contributed by atoms with Gasteiger partial charge in [0.15, 0.2) is 0 Å². The van der Waals surface area contributed by atoms with Crippen molar-refractivity contribution in [2.45, 2.75) is 6.42 Å². The molecule has 1 aromatic carbocycles. The lowest BCUT2D eigenvalue weighted by molar-refractivity contribution is -0.115. The molecule has 4 heteroatoms. The highest BCUT2D eigenvalue weighted by Crippen LogP contribution is 2.22. The standard InChI is InChI=1S/C9H7BrCl2O/c10-5-7(13)3-6-1-2-8(11)9(12)4-6/h1-2,4H,3,5H2. The lowest BCUT2D eigenvalue weighted by Crippen LogP contribution is -2.03. The molecule has 13 heavy (non-hydrogen) atoms. The Kier molecular flexibility index (Phi) is 4.23. The summed E-state index contributed by atoms with van der Waals surface area (Å²) in [7, 11) is 0. The molecule has 70 valence electrons. The predicted molar refractivity (Wildman–Crippen MR) is 59.0 cm³/mol. The summed E-state index contributed by atoms with van der Waals surface area (Å²) >= 11 is 14.6. The first-order valence-electron chi connectivity index (χ1n) is 3.65. The number of hydrogen-bond acceptors (Lipinski definition) is 1. The van der Waals surface area contributed by atoms with Crippen LogP contribution < -0.4 is 0 Å². The van der Waals surface area contributed by atoms with Crippen LogP contribution in [0.4, 0.5) is 0 Å². The molecule has 0 atom stereocenters. The molecule has 0 amide bonds. The monoisotopic (exact) mass is 280 g/mol. The highest BCUT2D eigenvalue weighted by molar-refractivity contribution is 9.09. The number of carbonyl (C=O) groups excluding carboxylic acids is 1. The first kappa shape index (κ1) is 11.0. The van der Waals surface area contributed by atoms with Gasteiger partial charge in [-0.1, -0.05) is 45.2 Å². The van der Waals surface area contributed by atoms with Crippen LogP contribution >= 0.6 is 39.1 Å². The number of halogens is 3. The molecule has 1 rings (SSSR count). The summed E-state index contributed by atoms with van der Waals surface area (Å²) < 4.78 is 0. The molecule has 0 N–H and O–H groups in total. The molecular formula is C9H7BrCl2O. The molecule has 0 radical (unpaired) electrons. The zero-order chi connectivity index (χ0) is 9.84. The third-order valence-electron chi connectivity index (χ3n) is 1.53. The van der Waals surface area contributed by atoms with Gasteiger partial charge in [0, 0.05) is 6.42 Å². The minimum absolute atomic E-state index is 0.124. The molecule has 0 saturated carbocycles. The van der Waals surface area contributed by atoms with E-state index in [-0.39, 0.29) is 5.78 Å². The zero-order valence-corrected chi connectivity index (χ0v) is 9.79. The average Bonchev–Trinajstić information content (AvgIpc) is 2.11. The van der Waals surface area contributed by atoms with E-state index in [0.717, 1.165) is 5.56 Å². The summed E-state index contributed by atoms with van der Waals surface area (Å²) in [6.07, 6.45) is 0.391. The second-order valence-electron chi connectivity index (χ2n) is 2.60. The first-order chi connectivity index (χ1) is 6.13. The van der Waals surface area contributed by atoms with Crippen LogP contribution in [-0.2, 0) is 11.2 Å². The lowest BCUT2D eigenvalue weighted by atomic mass is 10.1. The highest BCUT2D eigenvalue weighted by Gasteiger charge is 2.03. The molecular weight excluding hydrogens is 275 g/mol. The summed E-state index contributed by atoms with van der Waals surface area (Å²) in [6.45, 7) is 0. The number of rotatable bonds is 3. The molecule has 0 aromatic heterocycles. The molecule has 1 aromatic rings. The maximum Gasteiger partial charge on any atom is 0.147 e. The zero-order valence-electron chi connectivity index (χ0n) is 6.69. The van der Waals surface area contributed by atoms with Gasteiger partial charge in [-0.3, -0.25) is 4.79 Å². The quantitative estimate of drug-likeness (QED) is 0.775. The number of hydrogen-bond donors (Lipinski definition) is 0. The fourth-order valence-electron chi connectivity index (χ4n) is 0.925. The van der Waals surface area contributed by atoms with Crippen LogP contribution in [0.25, 0.3) is 0 Å². The van der Waals surface area contributed by atoms with Crippen molar-refractivity contribution in [1.82, 2.24) is 0 Å². The Hall–Kier alpha value is -0.0500. The lowest BCUT2D eigenvalue weighted by Gasteiger charge is -2.00. The van der Waals surface area contributed by atoms with Crippen LogP contribution in [0.2, 0.25) is 10.0 Å². The Balaban J connectivity index is 2.79. The van der Waals surface area contributed by atoms with Gasteiger partial charge in [0.25, 0.3) is 0 Å². The van der Waals surface area contributed by atoms with E-state index in [2.05, 4.69) is 15.9 Å². The topological polar surface area (TPSA) is 17.1 Å². The van der Waals surface area contributed by atoms with Crippen LogP contribution in [-0.4, -0.2) is 11.1 Å². The van der Waals surface area contributed by atoms with Crippen molar-refractivity contribution in [3.63, 3.8) is 0 Å². The van der Waals surface area contributed by atoms with Gasteiger partial charge in [-0.25, -0.2) is 0 Å². The summed E-state index contributed by atoms with van der Waals surface area (Å²) in [6, 6.07) is 5.21. The molecule has 0 heterocycles. The number of benzene rings is 1. The van der Waals surface area contributed by atoms with Crippen LogP contribution in [0.15, 0.2) is 18.2 Å². The second kappa shape index (κ2) is 4.99. The molecule has 0 saturated heterocycles. The van der Waals surface area contributed by atoms with Crippen molar-refractivity contribution in [2.24, 2.45) is 0 Å². The van der Waals surface area contributed by atoms with Gasteiger partial charge in [0.05, 0.1) is 15.4 Å². The highest BCUT2D eigenvalue weighted by atomic mass is 79.9. The Morgan fingerprint density at radius 1 is 1.31 bits per heavy atom. The Morgan fingerprint density at radius 2 is 2.00 bits per heavy atom. The van der Waals surface area contributed by atoms with E-state index in [9.17, 15) is 4.79 Å². The number of alkyl halides is 1.